The first kappa shape index (κ1) is 14.8. The van der Waals surface area contributed by atoms with E-state index < -0.39 is 5.97 Å². The molecule has 0 spiro atoms. The molecule has 2 nitrogen and oxygen atoms in total. The first-order valence-electron chi connectivity index (χ1n) is 6.12. The Kier molecular flexibility index (Phi) is 10.9. The maximum Gasteiger partial charge on any atom is 0.328 e. The summed E-state index contributed by atoms with van der Waals surface area (Å²) in [4.78, 5) is 10.1. The van der Waals surface area contributed by atoms with Gasteiger partial charge in [0.25, 0.3) is 0 Å². The van der Waals surface area contributed by atoms with E-state index in [0.717, 1.165) is 12.5 Å². The van der Waals surface area contributed by atoms with Gasteiger partial charge in [-0.2, -0.15) is 0 Å². The normalized spacial score (nSPS) is 10.1. The monoisotopic (exact) mass is 222 g/mol. The van der Waals surface area contributed by atoms with E-state index in [4.69, 9.17) is 5.11 Å². The van der Waals surface area contributed by atoms with Gasteiger partial charge in [-0.3, -0.25) is 0 Å². The standard InChI is InChI=1S/C14H22O2/c1-2-3-4-5-6-7-8-9-10-11-12-13-14(15)16/h12-13H,2-8,11H2,1H3,(H,15,16)/b13-12+. The van der Waals surface area contributed by atoms with Crippen molar-refractivity contribution in [1.82, 2.24) is 0 Å². The zero-order chi connectivity index (χ0) is 12.1. The van der Waals surface area contributed by atoms with Crippen LogP contribution in [-0.2, 0) is 4.79 Å². The summed E-state index contributed by atoms with van der Waals surface area (Å²) in [5.41, 5.74) is 0. The Morgan fingerprint density at radius 1 is 1.12 bits per heavy atom. The highest BCUT2D eigenvalue weighted by Crippen LogP contribution is 2.06. The molecule has 0 aliphatic rings. The fourth-order valence-corrected chi connectivity index (χ4v) is 1.37. The fraction of sp³-hybridized carbons (Fsp3) is 0.643. The van der Waals surface area contributed by atoms with Crippen molar-refractivity contribution in [2.75, 3.05) is 0 Å². The number of carbonyl (C=O) groups is 1. The lowest BCUT2D eigenvalue weighted by Crippen LogP contribution is -1.84. The van der Waals surface area contributed by atoms with Gasteiger partial charge >= 0.3 is 5.97 Å². The van der Waals surface area contributed by atoms with Gasteiger partial charge in [0.2, 0.25) is 0 Å². The van der Waals surface area contributed by atoms with Crippen LogP contribution in [0.1, 0.15) is 58.3 Å². The van der Waals surface area contributed by atoms with Crippen LogP contribution in [0.4, 0.5) is 0 Å². The first-order valence-corrected chi connectivity index (χ1v) is 6.12. The SMILES string of the molecule is CCCCCCCCC#CC/C=C/C(=O)O. The Bertz CT molecular complexity index is 256. The zero-order valence-corrected chi connectivity index (χ0v) is 10.2. The summed E-state index contributed by atoms with van der Waals surface area (Å²) in [7, 11) is 0. The average molecular weight is 222 g/mol. The van der Waals surface area contributed by atoms with Crippen molar-refractivity contribution in [3.63, 3.8) is 0 Å². The Balaban J connectivity index is 3.25. The van der Waals surface area contributed by atoms with Crippen LogP contribution in [0.15, 0.2) is 12.2 Å². The highest BCUT2D eigenvalue weighted by atomic mass is 16.4. The molecule has 0 unspecified atom stereocenters. The zero-order valence-electron chi connectivity index (χ0n) is 10.2. The molecule has 0 aromatic rings. The largest absolute Gasteiger partial charge is 0.478 e. The Labute approximate surface area is 98.7 Å². The van der Waals surface area contributed by atoms with Gasteiger partial charge in [0.05, 0.1) is 0 Å². The van der Waals surface area contributed by atoms with Gasteiger partial charge in [-0.15, -0.1) is 5.92 Å². The summed E-state index contributed by atoms with van der Waals surface area (Å²) in [6.07, 6.45) is 11.9. The molecule has 0 bridgehead atoms. The quantitative estimate of drug-likeness (QED) is 0.385. The molecular formula is C14H22O2. The maximum absolute atomic E-state index is 10.1. The van der Waals surface area contributed by atoms with Crippen LogP contribution in [0.3, 0.4) is 0 Å². The second-order valence-corrected chi connectivity index (χ2v) is 3.82. The molecule has 16 heavy (non-hydrogen) atoms. The molecule has 0 radical (unpaired) electrons. The number of hydrogen-bond acceptors (Lipinski definition) is 1. The number of carboxylic acids is 1. The third-order valence-electron chi connectivity index (χ3n) is 2.26. The second-order valence-electron chi connectivity index (χ2n) is 3.82. The smallest absolute Gasteiger partial charge is 0.328 e. The molecule has 0 amide bonds. The van der Waals surface area contributed by atoms with Crippen molar-refractivity contribution in [3.05, 3.63) is 12.2 Å². The van der Waals surface area contributed by atoms with Crippen LogP contribution in [0.5, 0.6) is 0 Å². The fourth-order valence-electron chi connectivity index (χ4n) is 1.37. The van der Waals surface area contributed by atoms with Gasteiger partial charge in [0, 0.05) is 18.9 Å². The van der Waals surface area contributed by atoms with Crippen molar-refractivity contribution in [2.24, 2.45) is 0 Å². The minimum absolute atomic E-state index is 0.544. The summed E-state index contributed by atoms with van der Waals surface area (Å²) in [5, 5.41) is 8.32. The number of carboxylic acid groups (broad SMARTS) is 1. The lowest BCUT2D eigenvalue weighted by Gasteiger charge is -1.96. The summed E-state index contributed by atoms with van der Waals surface area (Å²) in [6.45, 7) is 2.22. The molecule has 0 fully saturated rings. The average Bonchev–Trinajstić information content (AvgIpc) is 2.25. The Hall–Kier alpha value is -1.23. The van der Waals surface area contributed by atoms with E-state index in [0.29, 0.717) is 6.42 Å². The first-order chi connectivity index (χ1) is 7.77. The van der Waals surface area contributed by atoms with Crippen LogP contribution in [0, 0.1) is 11.8 Å². The molecule has 0 aromatic heterocycles. The van der Waals surface area contributed by atoms with Gasteiger partial charge in [-0.25, -0.2) is 4.79 Å². The summed E-state index contributed by atoms with van der Waals surface area (Å²) < 4.78 is 0. The summed E-state index contributed by atoms with van der Waals surface area (Å²) in [6, 6.07) is 0. The molecule has 0 aliphatic heterocycles. The predicted molar refractivity (Wildman–Crippen MR) is 67.2 cm³/mol. The highest BCUT2D eigenvalue weighted by molar-refractivity contribution is 5.79. The molecule has 0 heterocycles. The number of aliphatic carboxylic acids is 1. The molecule has 0 saturated carbocycles. The molecule has 2 heteroatoms. The van der Waals surface area contributed by atoms with E-state index in [1.807, 2.05) is 0 Å². The van der Waals surface area contributed by atoms with Crippen molar-refractivity contribution in [2.45, 2.75) is 58.3 Å². The summed E-state index contributed by atoms with van der Waals surface area (Å²) >= 11 is 0. The van der Waals surface area contributed by atoms with E-state index in [-0.39, 0.29) is 0 Å². The lowest BCUT2D eigenvalue weighted by atomic mass is 10.1. The van der Waals surface area contributed by atoms with Gasteiger partial charge in [-0.1, -0.05) is 51.0 Å². The van der Waals surface area contributed by atoms with Gasteiger partial charge in [0.1, 0.15) is 0 Å². The number of rotatable bonds is 8. The van der Waals surface area contributed by atoms with Gasteiger partial charge in [-0.05, 0) is 6.42 Å². The van der Waals surface area contributed by atoms with Crippen molar-refractivity contribution in [3.8, 4) is 11.8 Å². The highest BCUT2D eigenvalue weighted by Gasteiger charge is 1.87. The van der Waals surface area contributed by atoms with Crippen LogP contribution < -0.4 is 0 Å². The van der Waals surface area contributed by atoms with Gasteiger partial charge in [0.15, 0.2) is 0 Å². The van der Waals surface area contributed by atoms with E-state index in [1.165, 1.54) is 38.5 Å². The lowest BCUT2D eigenvalue weighted by molar-refractivity contribution is -0.131. The van der Waals surface area contributed by atoms with Crippen LogP contribution in [0.2, 0.25) is 0 Å². The molecule has 0 atom stereocenters. The molecule has 0 aromatic carbocycles. The van der Waals surface area contributed by atoms with E-state index in [9.17, 15) is 4.79 Å². The maximum atomic E-state index is 10.1. The van der Waals surface area contributed by atoms with Gasteiger partial charge < -0.3 is 5.11 Å². The third-order valence-corrected chi connectivity index (χ3v) is 2.26. The molecular weight excluding hydrogens is 200 g/mol. The minimum atomic E-state index is -0.905. The van der Waals surface area contributed by atoms with Crippen molar-refractivity contribution < 1.29 is 9.90 Å². The van der Waals surface area contributed by atoms with E-state index >= 15 is 0 Å². The third kappa shape index (κ3) is 12.8. The Morgan fingerprint density at radius 3 is 2.50 bits per heavy atom. The second kappa shape index (κ2) is 11.8. The minimum Gasteiger partial charge on any atom is -0.478 e. The Morgan fingerprint density at radius 2 is 1.81 bits per heavy atom. The van der Waals surface area contributed by atoms with Crippen LogP contribution >= 0.6 is 0 Å². The van der Waals surface area contributed by atoms with E-state index in [2.05, 4.69) is 18.8 Å². The summed E-state index contributed by atoms with van der Waals surface area (Å²) in [5.74, 6) is 5.09. The molecule has 1 N–H and O–H groups in total. The van der Waals surface area contributed by atoms with E-state index in [1.54, 1.807) is 6.08 Å². The molecule has 0 saturated heterocycles. The molecule has 90 valence electrons. The van der Waals surface area contributed by atoms with Crippen molar-refractivity contribution in [1.29, 1.82) is 0 Å². The number of hydrogen-bond donors (Lipinski definition) is 1. The number of allylic oxidation sites excluding steroid dienone is 1. The van der Waals surface area contributed by atoms with Crippen molar-refractivity contribution >= 4 is 5.97 Å². The molecule has 0 rings (SSSR count). The molecule has 0 aliphatic carbocycles. The van der Waals surface area contributed by atoms with Crippen LogP contribution in [-0.4, -0.2) is 11.1 Å². The number of unbranched alkanes of at least 4 members (excludes halogenated alkanes) is 6. The predicted octanol–water partition coefficient (Wildman–Crippen LogP) is 3.77. The van der Waals surface area contributed by atoms with Crippen LogP contribution in [0.25, 0.3) is 0 Å². The topological polar surface area (TPSA) is 37.3 Å².